The maximum absolute atomic E-state index is 9.92. The van der Waals surface area contributed by atoms with Crippen LogP contribution in [0.3, 0.4) is 0 Å². The SMILES string of the molecule is [2H]c1c(-c2c3c([2H])c([2H])c([2H])c([2H])c3c(-c3c([2H])c4c([2H])c([2H])c([2H])c([2H])c4c4c([2H])c([2H])c([2H])c([2H])c34)c3c([2H])c([2H])c([2H])c([2H])c23)c([2H])c2c(oc3c([2H])c([2H])c4c([2H])c([2H])c([2H])c([2H])c4c32)c1[2H]. The molecule has 45 heavy (non-hydrogen) atoms. The highest BCUT2D eigenvalue weighted by Gasteiger charge is 2.20. The van der Waals surface area contributed by atoms with Gasteiger partial charge in [-0.1, -0.05) is 133 Å². The van der Waals surface area contributed by atoms with Gasteiger partial charge >= 0.3 is 0 Å². The Balaban J connectivity index is 1.58. The van der Waals surface area contributed by atoms with E-state index in [-0.39, 0.29) is 0 Å². The van der Waals surface area contributed by atoms with Crippen molar-refractivity contribution in [2.24, 2.45) is 0 Å². The molecule has 0 unspecified atom stereocenters. The molecule has 1 aromatic heterocycles. The minimum atomic E-state index is -0.988. The summed E-state index contributed by atoms with van der Waals surface area (Å²) in [6, 6.07) is -23.0. The summed E-state index contributed by atoms with van der Waals surface area (Å²) in [5, 5.41) is -7.07. The quantitative estimate of drug-likeness (QED) is 0.143. The van der Waals surface area contributed by atoms with Crippen molar-refractivity contribution < 1.29 is 40.1 Å². The molecule has 0 aliphatic rings. The van der Waals surface area contributed by atoms with Crippen molar-refractivity contribution in [3.8, 4) is 22.3 Å². The van der Waals surface area contributed by atoms with Crippen molar-refractivity contribution in [3.63, 3.8) is 0 Å². The van der Waals surface area contributed by atoms with Crippen LogP contribution in [0.15, 0.2) is 162 Å². The van der Waals surface area contributed by atoms with Gasteiger partial charge in [-0.3, -0.25) is 0 Å². The zero-order valence-electron chi connectivity index (χ0n) is 48.4. The number of furan rings is 1. The van der Waals surface area contributed by atoms with Gasteiger partial charge in [0.15, 0.2) is 0 Å². The van der Waals surface area contributed by atoms with E-state index in [9.17, 15) is 12.3 Å². The molecule has 208 valence electrons. The van der Waals surface area contributed by atoms with Gasteiger partial charge in [0, 0.05) is 10.8 Å². The summed E-state index contributed by atoms with van der Waals surface area (Å²) < 4.78 is 241. The molecule has 1 nitrogen and oxygen atoms in total. The molecule has 0 aliphatic heterocycles. The van der Waals surface area contributed by atoms with E-state index in [1.54, 1.807) is 0 Å². The van der Waals surface area contributed by atoms with Crippen LogP contribution in [0.4, 0.5) is 0 Å². The maximum Gasteiger partial charge on any atom is 0.136 e. The molecule has 10 aromatic rings. The highest BCUT2D eigenvalue weighted by Crippen LogP contribution is 2.47. The van der Waals surface area contributed by atoms with Gasteiger partial charge in [0.05, 0.1) is 35.6 Å². The van der Waals surface area contributed by atoms with E-state index in [4.69, 9.17) is 27.7 Å². The Hall–Kier alpha value is -5.92. The molecule has 0 amide bonds. The normalized spacial score (nSPS) is 20.1. The second-order valence-corrected chi connectivity index (χ2v) is 10.0. The summed E-state index contributed by atoms with van der Waals surface area (Å²) in [4.78, 5) is 0. The first-order valence-corrected chi connectivity index (χ1v) is 13.4. The lowest BCUT2D eigenvalue weighted by Crippen LogP contribution is -1.92. The van der Waals surface area contributed by atoms with Crippen LogP contribution >= 0.6 is 0 Å². The molecule has 0 radical (unpaired) electrons. The Morgan fingerprint density at radius 2 is 0.889 bits per heavy atom. The average molecular weight is 597 g/mol. The van der Waals surface area contributed by atoms with E-state index in [2.05, 4.69) is 0 Å². The first kappa shape index (κ1) is 10.3. The van der Waals surface area contributed by atoms with Crippen molar-refractivity contribution in [3.05, 3.63) is 157 Å². The first-order valence-electron chi connectivity index (χ1n) is 26.4. The zero-order valence-corrected chi connectivity index (χ0v) is 22.4. The largest absolute Gasteiger partial charge is 0.456 e. The topological polar surface area (TPSA) is 13.1 Å². The van der Waals surface area contributed by atoms with Crippen molar-refractivity contribution in [2.75, 3.05) is 0 Å². The Morgan fingerprint density at radius 3 is 1.60 bits per heavy atom. The van der Waals surface area contributed by atoms with Gasteiger partial charge in [-0.2, -0.15) is 0 Å². The monoisotopic (exact) mass is 596 g/mol. The predicted octanol–water partition coefficient (Wildman–Crippen LogP) is 12.7. The third kappa shape index (κ3) is 3.50. The fraction of sp³-hybridized carbons (Fsp3) is 0. The van der Waals surface area contributed by atoms with Crippen LogP contribution in [0, 0.1) is 0 Å². The maximum atomic E-state index is 9.92. The minimum Gasteiger partial charge on any atom is -0.456 e. The highest BCUT2D eigenvalue weighted by molar-refractivity contribution is 6.26. The average Bonchev–Trinajstić information content (AvgIpc) is 3.75. The van der Waals surface area contributed by atoms with Crippen LogP contribution in [0.2, 0.25) is 0 Å². The Kier molecular flexibility index (Phi) is 2.13. The molecule has 0 saturated heterocycles. The Labute approximate surface area is 296 Å². The van der Waals surface area contributed by atoms with Crippen molar-refractivity contribution in [1.82, 2.24) is 0 Å². The van der Waals surface area contributed by atoms with Crippen LogP contribution in [0.25, 0.3) is 98.1 Å². The van der Waals surface area contributed by atoms with Crippen LogP contribution in [-0.2, 0) is 0 Å². The second-order valence-electron chi connectivity index (χ2n) is 10.0. The fourth-order valence-electron chi connectivity index (χ4n) is 5.86. The third-order valence-electron chi connectivity index (χ3n) is 7.70. The molecule has 0 fully saturated rings. The molecular formula is C44H26O. The summed E-state index contributed by atoms with van der Waals surface area (Å²) in [5.41, 5.74) is -4.01. The van der Waals surface area contributed by atoms with Crippen LogP contribution in [0.5, 0.6) is 0 Å². The van der Waals surface area contributed by atoms with Gasteiger partial charge in [0.25, 0.3) is 0 Å². The van der Waals surface area contributed by atoms with E-state index in [0.29, 0.717) is 0 Å². The minimum absolute atomic E-state index is 0.392. The van der Waals surface area contributed by atoms with Crippen LogP contribution in [-0.4, -0.2) is 0 Å². The summed E-state index contributed by atoms with van der Waals surface area (Å²) in [6.45, 7) is 0. The standard InChI is InChI=1S/C44H26O/c1-4-14-31-27(11-1)21-24-41-44(31)39-26-29(22-23-40(39)45-41)42-34-17-7-9-19-36(34)43(37-20-10-8-18-35(37)42)38-25-28-12-2-3-13-30(28)32-15-5-6-16-33(32)38/h1-26H/i1D,2D,3D,4D,5D,6D,7D,8D,9D,10D,11D,12D,13D,14D,15D,16D,17D,18D,19D,20D,21D,22D,23D,24D,25D,26D. The molecule has 0 bridgehead atoms. The molecule has 0 spiro atoms. The van der Waals surface area contributed by atoms with Gasteiger partial charge in [-0.25, -0.2) is 0 Å². The summed E-state index contributed by atoms with van der Waals surface area (Å²) in [7, 11) is 0. The molecule has 0 N–H and O–H groups in total. The summed E-state index contributed by atoms with van der Waals surface area (Å²) in [6.07, 6.45) is 0. The van der Waals surface area contributed by atoms with E-state index >= 15 is 0 Å². The highest BCUT2D eigenvalue weighted by atomic mass is 16.3. The summed E-state index contributed by atoms with van der Waals surface area (Å²) >= 11 is 0. The third-order valence-corrected chi connectivity index (χ3v) is 7.70. The lowest BCUT2D eigenvalue weighted by atomic mass is 9.83. The number of benzene rings is 9. The van der Waals surface area contributed by atoms with Gasteiger partial charge in [-0.05, 0) is 100 Å². The predicted molar refractivity (Wildman–Crippen MR) is 192 cm³/mol. The molecule has 10 rings (SSSR count). The van der Waals surface area contributed by atoms with Crippen molar-refractivity contribution >= 4 is 75.8 Å². The lowest BCUT2D eigenvalue weighted by molar-refractivity contribution is 0.669. The van der Waals surface area contributed by atoms with Gasteiger partial charge in [-0.15, -0.1) is 0 Å². The van der Waals surface area contributed by atoms with E-state index in [0.717, 1.165) is 0 Å². The molecule has 9 aromatic carbocycles. The Morgan fingerprint density at radius 1 is 0.356 bits per heavy atom. The van der Waals surface area contributed by atoms with E-state index < -0.39 is 255 Å². The number of rotatable bonds is 2. The Bertz CT molecular complexity index is 4210. The lowest BCUT2D eigenvalue weighted by Gasteiger charge is -2.19. The van der Waals surface area contributed by atoms with Crippen LogP contribution in [0.1, 0.15) is 35.6 Å². The number of hydrogen-bond acceptors (Lipinski definition) is 1. The molecule has 1 heterocycles. The van der Waals surface area contributed by atoms with Crippen LogP contribution < -0.4 is 0 Å². The fourth-order valence-corrected chi connectivity index (χ4v) is 5.86. The van der Waals surface area contributed by atoms with E-state index in [1.807, 2.05) is 0 Å². The molecule has 0 atom stereocenters. The van der Waals surface area contributed by atoms with Gasteiger partial charge in [0.2, 0.25) is 0 Å². The molecule has 0 aliphatic carbocycles. The van der Waals surface area contributed by atoms with Gasteiger partial charge < -0.3 is 4.42 Å². The second kappa shape index (κ2) is 9.29. The van der Waals surface area contributed by atoms with Gasteiger partial charge in [0.1, 0.15) is 11.2 Å². The number of fused-ring (bicyclic) bond motifs is 10. The summed E-state index contributed by atoms with van der Waals surface area (Å²) in [5.74, 6) is 0. The van der Waals surface area contributed by atoms with Crippen molar-refractivity contribution in [2.45, 2.75) is 0 Å². The first-order chi connectivity index (χ1) is 33.2. The molecular weight excluding hydrogens is 544 g/mol. The smallest absolute Gasteiger partial charge is 0.136 e. The zero-order chi connectivity index (χ0) is 52.1. The van der Waals surface area contributed by atoms with E-state index in [1.165, 1.54) is 0 Å². The van der Waals surface area contributed by atoms with Crippen molar-refractivity contribution in [1.29, 1.82) is 0 Å². The molecule has 1 heteroatoms. The number of hydrogen-bond donors (Lipinski definition) is 0. The molecule has 0 saturated carbocycles.